The molecule has 3 aromatic rings. The Hall–Kier alpha value is -2.22. The minimum Gasteiger partial charge on any atom is -0.506 e. The number of ether oxygens (including phenoxy) is 1. The first-order chi connectivity index (χ1) is 12.4. The van der Waals surface area contributed by atoms with E-state index in [0.717, 1.165) is 0 Å². The van der Waals surface area contributed by atoms with Crippen LogP contribution in [0.3, 0.4) is 0 Å². The van der Waals surface area contributed by atoms with Crippen LogP contribution in [-0.2, 0) is 4.57 Å². The predicted molar refractivity (Wildman–Crippen MR) is 108 cm³/mol. The van der Waals surface area contributed by atoms with Crippen molar-refractivity contribution in [3.8, 4) is 11.5 Å². The molecule has 3 rings (SSSR count). The maximum Gasteiger partial charge on any atom is 0.174 e. The fraction of sp³-hybridized carbons (Fsp3) is 0.143. The number of phenols is 1. The minimum atomic E-state index is -3.33. The Morgan fingerprint density at radius 1 is 0.923 bits per heavy atom. The number of phenolic OH excluding ortho intramolecular Hbond substituents is 1. The van der Waals surface area contributed by atoms with Crippen LogP contribution >= 0.6 is 18.7 Å². The van der Waals surface area contributed by atoms with Crippen LogP contribution in [0.1, 0.15) is 13.8 Å². The molecule has 134 valence electrons. The summed E-state index contributed by atoms with van der Waals surface area (Å²) in [6, 6.07) is 21.4. The number of hydrogen-bond acceptors (Lipinski definition) is 3. The first-order valence-corrected chi connectivity index (χ1v) is 10.4. The first-order valence-electron chi connectivity index (χ1n) is 8.34. The molecule has 0 aliphatic rings. The lowest BCUT2D eigenvalue weighted by atomic mass is 10.3. The van der Waals surface area contributed by atoms with E-state index in [-0.39, 0.29) is 22.2 Å². The van der Waals surface area contributed by atoms with Gasteiger partial charge in [0, 0.05) is 16.7 Å². The molecule has 0 aliphatic carbocycles. The molecule has 0 aromatic heterocycles. The van der Waals surface area contributed by atoms with Crippen LogP contribution in [0.2, 0.25) is 5.02 Å². The molecule has 0 radical (unpaired) electrons. The van der Waals surface area contributed by atoms with Gasteiger partial charge in [0.15, 0.2) is 7.14 Å². The van der Waals surface area contributed by atoms with Crippen LogP contribution in [0.25, 0.3) is 0 Å². The third kappa shape index (κ3) is 3.51. The SMILES string of the molecule is CC(C)Oc1cc(Cl)c(O)c(P(=O)(c2ccccc2)c2ccccc2)c1. The first kappa shape index (κ1) is 18.6. The Labute approximate surface area is 158 Å². The number of rotatable bonds is 5. The van der Waals surface area contributed by atoms with Gasteiger partial charge in [0.1, 0.15) is 11.5 Å². The smallest absolute Gasteiger partial charge is 0.174 e. The third-order valence-electron chi connectivity index (χ3n) is 3.97. The average molecular weight is 387 g/mol. The van der Waals surface area contributed by atoms with E-state index in [0.29, 0.717) is 16.4 Å². The molecule has 0 heterocycles. The van der Waals surface area contributed by atoms with Crippen molar-refractivity contribution in [3.63, 3.8) is 0 Å². The van der Waals surface area contributed by atoms with Gasteiger partial charge in [-0.25, -0.2) is 0 Å². The van der Waals surface area contributed by atoms with E-state index in [1.54, 1.807) is 36.4 Å². The summed E-state index contributed by atoms with van der Waals surface area (Å²) < 4.78 is 20.1. The van der Waals surface area contributed by atoms with Gasteiger partial charge in [-0.05, 0) is 19.9 Å². The van der Waals surface area contributed by atoms with E-state index in [2.05, 4.69) is 0 Å². The van der Waals surface area contributed by atoms with Gasteiger partial charge in [-0.15, -0.1) is 0 Å². The zero-order valence-electron chi connectivity index (χ0n) is 14.6. The quantitative estimate of drug-likeness (QED) is 0.658. The topological polar surface area (TPSA) is 46.5 Å². The normalized spacial score (nSPS) is 11.5. The molecule has 3 aromatic carbocycles. The minimum absolute atomic E-state index is 0.0729. The summed E-state index contributed by atoms with van der Waals surface area (Å²) in [5.41, 5.74) is 0. The largest absolute Gasteiger partial charge is 0.506 e. The average Bonchev–Trinajstić information content (AvgIpc) is 2.65. The Morgan fingerprint density at radius 2 is 1.42 bits per heavy atom. The van der Waals surface area contributed by atoms with Gasteiger partial charge in [-0.1, -0.05) is 72.3 Å². The lowest BCUT2D eigenvalue weighted by molar-refractivity contribution is 0.242. The predicted octanol–water partition coefficient (Wildman–Crippen LogP) is 4.47. The van der Waals surface area contributed by atoms with Crippen molar-refractivity contribution in [1.82, 2.24) is 0 Å². The van der Waals surface area contributed by atoms with Crippen molar-refractivity contribution in [2.24, 2.45) is 0 Å². The van der Waals surface area contributed by atoms with Crippen molar-refractivity contribution in [2.45, 2.75) is 20.0 Å². The molecule has 0 amide bonds. The number of aromatic hydroxyl groups is 1. The standard InChI is InChI=1S/C21H20ClO3P/c1-15(2)25-16-13-19(22)21(23)20(14-16)26(24,17-9-5-3-6-10-17)18-11-7-4-8-12-18/h3-15,23H,1-2H3. The summed E-state index contributed by atoms with van der Waals surface area (Å²) in [6.45, 7) is 3.79. The molecule has 5 heteroatoms. The zero-order valence-corrected chi connectivity index (χ0v) is 16.2. The van der Waals surface area contributed by atoms with Crippen molar-refractivity contribution in [2.75, 3.05) is 0 Å². The second-order valence-electron chi connectivity index (χ2n) is 6.22. The van der Waals surface area contributed by atoms with Crippen molar-refractivity contribution in [3.05, 3.63) is 77.8 Å². The van der Waals surface area contributed by atoms with Gasteiger partial charge >= 0.3 is 0 Å². The van der Waals surface area contributed by atoms with Crippen LogP contribution in [0, 0.1) is 0 Å². The van der Waals surface area contributed by atoms with Gasteiger partial charge in [0.05, 0.1) is 16.4 Å². The molecule has 1 N–H and O–H groups in total. The van der Waals surface area contributed by atoms with Crippen LogP contribution in [0.4, 0.5) is 0 Å². The Kier molecular flexibility index (Phi) is 5.41. The third-order valence-corrected chi connectivity index (χ3v) is 7.33. The molecule has 0 spiro atoms. The molecule has 0 saturated carbocycles. The Balaban J connectivity index is 2.31. The molecule has 0 aliphatic heterocycles. The number of benzene rings is 3. The second-order valence-corrected chi connectivity index (χ2v) is 9.36. The Bertz CT molecular complexity index is 897. The van der Waals surface area contributed by atoms with Crippen molar-refractivity contribution in [1.29, 1.82) is 0 Å². The maximum absolute atomic E-state index is 14.4. The van der Waals surface area contributed by atoms with Crippen LogP contribution < -0.4 is 20.7 Å². The summed E-state index contributed by atoms with van der Waals surface area (Å²) in [5, 5.41) is 12.3. The number of hydrogen-bond donors (Lipinski definition) is 1. The van der Waals surface area contributed by atoms with Crippen molar-refractivity contribution >= 4 is 34.7 Å². The molecular formula is C21H20ClO3P. The lowest BCUT2D eigenvalue weighted by Gasteiger charge is -2.22. The van der Waals surface area contributed by atoms with E-state index < -0.39 is 7.14 Å². The maximum atomic E-state index is 14.4. The molecule has 26 heavy (non-hydrogen) atoms. The van der Waals surface area contributed by atoms with Gasteiger partial charge in [-0.2, -0.15) is 0 Å². The van der Waals surface area contributed by atoms with Crippen molar-refractivity contribution < 1.29 is 14.4 Å². The highest BCUT2D eigenvalue weighted by atomic mass is 35.5. The number of halogens is 1. The fourth-order valence-corrected chi connectivity index (χ4v) is 5.89. The highest BCUT2D eigenvalue weighted by Gasteiger charge is 2.33. The molecule has 0 unspecified atom stereocenters. The second kappa shape index (κ2) is 7.57. The summed E-state index contributed by atoms with van der Waals surface area (Å²) in [5.74, 6) is 0.295. The van der Waals surface area contributed by atoms with Gasteiger partial charge in [0.25, 0.3) is 0 Å². The molecule has 0 bridgehead atoms. The molecule has 0 atom stereocenters. The highest BCUT2D eigenvalue weighted by Crippen LogP contribution is 2.47. The van der Waals surface area contributed by atoms with E-state index in [1.165, 1.54) is 0 Å². The van der Waals surface area contributed by atoms with Gasteiger partial charge in [-0.3, -0.25) is 0 Å². The van der Waals surface area contributed by atoms with Gasteiger partial charge in [0.2, 0.25) is 0 Å². The Morgan fingerprint density at radius 3 is 1.88 bits per heavy atom. The molecule has 0 saturated heterocycles. The summed E-state index contributed by atoms with van der Waals surface area (Å²) >= 11 is 6.23. The zero-order chi connectivity index (χ0) is 18.7. The van der Waals surface area contributed by atoms with E-state index in [9.17, 15) is 9.67 Å². The van der Waals surface area contributed by atoms with E-state index >= 15 is 0 Å². The highest BCUT2D eigenvalue weighted by molar-refractivity contribution is 7.85. The monoisotopic (exact) mass is 386 g/mol. The van der Waals surface area contributed by atoms with Crippen LogP contribution in [-0.4, -0.2) is 11.2 Å². The summed E-state index contributed by atoms with van der Waals surface area (Å²) in [4.78, 5) is 0. The lowest BCUT2D eigenvalue weighted by Crippen LogP contribution is -2.25. The molecule has 0 fully saturated rings. The molecular weight excluding hydrogens is 367 g/mol. The van der Waals surface area contributed by atoms with Crippen LogP contribution in [0.5, 0.6) is 11.5 Å². The van der Waals surface area contributed by atoms with Gasteiger partial charge < -0.3 is 14.4 Å². The fourth-order valence-electron chi connectivity index (χ4n) is 2.84. The summed E-state index contributed by atoms with van der Waals surface area (Å²) in [7, 11) is -3.33. The van der Waals surface area contributed by atoms with E-state index in [1.807, 2.05) is 50.2 Å². The molecule has 3 nitrogen and oxygen atoms in total. The summed E-state index contributed by atoms with van der Waals surface area (Å²) in [6.07, 6.45) is -0.0729. The van der Waals surface area contributed by atoms with Crippen LogP contribution in [0.15, 0.2) is 72.8 Å². The van der Waals surface area contributed by atoms with E-state index in [4.69, 9.17) is 16.3 Å².